The highest BCUT2D eigenvalue weighted by molar-refractivity contribution is 5.86. The van der Waals surface area contributed by atoms with Crippen molar-refractivity contribution in [2.24, 2.45) is 0 Å². The van der Waals surface area contributed by atoms with Crippen molar-refractivity contribution in [3.8, 4) is 75.3 Å². The van der Waals surface area contributed by atoms with Crippen LogP contribution in [0.2, 0.25) is 0 Å². The average molecular weight is 1030 g/mol. The van der Waals surface area contributed by atoms with Crippen LogP contribution in [0.15, 0.2) is 224 Å². The van der Waals surface area contributed by atoms with E-state index >= 15 is 0 Å². The highest BCUT2D eigenvalue weighted by atomic mass is 16.5. The first kappa shape index (κ1) is 51.0. The van der Waals surface area contributed by atoms with E-state index in [-0.39, 0.29) is 16.4 Å². The molecule has 0 bridgehead atoms. The van der Waals surface area contributed by atoms with Crippen LogP contribution in [0, 0.1) is 47.8 Å². The van der Waals surface area contributed by atoms with E-state index in [0.29, 0.717) is 57.1 Å². The fourth-order valence-corrected chi connectivity index (χ4v) is 11.1. The predicted molar refractivity (Wildman–Crippen MR) is 311 cm³/mol. The van der Waals surface area contributed by atoms with E-state index in [1.807, 2.05) is 105 Å². The quantitative estimate of drug-likeness (QED) is 0.107. The molecule has 0 saturated carbocycles. The Balaban J connectivity index is 0.817. The minimum Gasteiger partial charge on any atom is -0.456 e. The second kappa shape index (κ2) is 20.8. The summed E-state index contributed by atoms with van der Waals surface area (Å²) in [6.45, 7) is 12.7. The normalized spacial score (nSPS) is 12.2. The van der Waals surface area contributed by atoms with Crippen LogP contribution in [0.25, 0.3) is 11.1 Å². The molecule has 11 rings (SSSR count). The summed E-state index contributed by atoms with van der Waals surface area (Å²) in [7, 11) is 0. The van der Waals surface area contributed by atoms with Gasteiger partial charge in [-0.3, -0.25) is 0 Å². The molecule has 0 unspecified atom stereocenters. The maximum absolute atomic E-state index is 10.6. The third kappa shape index (κ3) is 9.31. The number of aryl methyl sites for hydroxylation is 2. The minimum atomic E-state index is -0.679. The van der Waals surface area contributed by atoms with Crippen molar-refractivity contribution in [1.82, 2.24) is 0 Å². The lowest BCUT2D eigenvalue weighted by Gasteiger charge is -2.34. The summed E-state index contributed by atoms with van der Waals surface area (Å²) in [4.78, 5) is 0. The average Bonchev–Trinajstić information content (AvgIpc) is 3.58. The van der Waals surface area contributed by atoms with E-state index in [9.17, 15) is 15.8 Å². The summed E-state index contributed by atoms with van der Waals surface area (Å²) < 4.78 is 25.4. The minimum absolute atomic E-state index is 0.280. The van der Waals surface area contributed by atoms with Crippen molar-refractivity contribution in [3.05, 3.63) is 297 Å². The zero-order chi connectivity index (χ0) is 54.9. The second-order valence-corrected chi connectivity index (χ2v) is 21.0. The van der Waals surface area contributed by atoms with E-state index in [1.165, 1.54) is 22.3 Å². The Morgan fingerprint density at radius 2 is 0.646 bits per heavy atom. The topological polar surface area (TPSA) is 108 Å². The molecule has 7 nitrogen and oxygen atoms in total. The first-order valence-electron chi connectivity index (χ1n) is 26.3. The Kier molecular flexibility index (Phi) is 13.4. The number of fused-ring (bicyclic) bond motifs is 3. The molecule has 7 heteroatoms. The fraction of sp³-hybridized carbons (Fsp3) is 0.125. The first-order valence-corrected chi connectivity index (χ1v) is 26.3. The molecule has 1 aliphatic carbocycles. The van der Waals surface area contributed by atoms with Gasteiger partial charge in [-0.1, -0.05) is 179 Å². The van der Waals surface area contributed by atoms with Crippen molar-refractivity contribution in [3.63, 3.8) is 0 Å². The van der Waals surface area contributed by atoms with Gasteiger partial charge in [-0.25, -0.2) is 0 Å². The van der Waals surface area contributed by atoms with Crippen molar-refractivity contribution >= 4 is 0 Å². The molecule has 0 atom stereocenters. The SMILES string of the molecule is Cc1cccc(Oc2ccc(C(C)(C)c3cccc(C(C)(C)c4ccc(Oc5cccc(Oc6ccc(C7(c8ccc(Oc9cccc(C)c9C#N)cc8)c8ccccc8-c8ccccc87)cc6)c5C#N)cc4)c3)cc2)c1C#N. The maximum Gasteiger partial charge on any atom is 0.149 e. The lowest BCUT2D eigenvalue weighted by Crippen LogP contribution is -2.28. The van der Waals surface area contributed by atoms with E-state index in [2.05, 4.69) is 167 Å². The molecule has 0 radical (unpaired) electrons. The molecule has 0 fully saturated rings. The molecule has 10 aromatic rings. The summed E-state index contributed by atoms with van der Waals surface area (Å²) in [5.74, 6) is 4.30. The zero-order valence-corrected chi connectivity index (χ0v) is 44.8. The van der Waals surface area contributed by atoms with Gasteiger partial charge in [-0.15, -0.1) is 0 Å². The number of nitriles is 3. The largest absolute Gasteiger partial charge is 0.456 e. The molecule has 0 N–H and O–H groups in total. The summed E-state index contributed by atoms with van der Waals surface area (Å²) in [6, 6.07) is 81.9. The second-order valence-electron chi connectivity index (χ2n) is 21.0. The van der Waals surface area contributed by atoms with Crippen LogP contribution in [0.3, 0.4) is 0 Å². The van der Waals surface area contributed by atoms with Crippen molar-refractivity contribution in [1.29, 1.82) is 15.8 Å². The van der Waals surface area contributed by atoms with Crippen LogP contribution >= 0.6 is 0 Å². The highest BCUT2D eigenvalue weighted by Gasteiger charge is 2.46. The molecule has 0 spiro atoms. The Labute approximate surface area is 462 Å². The van der Waals surface area contributed by atoms with Crippen LogP contribution in [0.5, 0.6) is 46.0 Å². The zero-order valence-electron chi connectivity index (χ0n) is 44.8. The molecule has 79 heavy (non-hydrogen) atoms. The molecule has 10 aromatic carbocycles. The Morgan fingerprint density at radius 1 is 0.329 bits per heavy atom. The lowest BCUT2D eigenvalue weighted by molar-refractivity contribution is 0.457. The summed E-state index contributed by atoms with van der Waals surface area (Å²) in [5, 5.41) is 30.2. The standard InChI is InChI=1S/C72H55N3O4/c1-47-15-11-23-66(61(47)44-73)76-55-35-27-49(28-36-55)70(3,4)53-17-13-18-54(43-53)71(5,6)50-29-37-56(38-30-50)78-68-25-14-26-69(63(68)46-75)79-58-41-33-52(34-42-58)72(64-21-9-7-19-59(64)60-20-8-10-22-65(60)72)51-31-39-57(40-32-51)77-67-24-12-16-48(2)62(67)45-74/h7-43H,1-6H3. The number of benzene rings is 10. The number of nitrogens with zero attached hydrogens (tertiary/aromatic N) is 3. The number of hydrogen-bond donors (Lipinski definition) is 0. The van der Waals surface area contributed by atoms with E-state index in [4.69, 9.17) is 18.9 Å². The van der Waals surface area contributed by atoms with Crippen LogP contribution < -0.4 is 18.9 Å². The van der Waals surface area contributed by atoms with Crippen molar-refractivity contribution in [2.45, 2.75) is 57.8 Å². The Hall–Kier alpha value is -10.1. The molecular weight excluding hydrogens is 971 g/mol. The molecule has 0 amide bonds. The molecule has 0 aromatic heterocycles. The Morgan fingerprint density at radius 3 is 1.01 bits per heavy atom. The molecular formula is C72H55N3O4. The van der Waals surface area contributed by atoms with Gasteiger partial charge < -0.3 is 18.9 Å². The molecule has 0 aliphatic heterocycles. The predicted octanol–water partition coefficient (Wildman–Crippen LogP) is 18.1. The van der Waals surface area contributed by atoms with E-state index in [0.717, 1.165) is 44.5 Å². The molecule has 0 saturated heterocycles. The third-order valence-corrected chi connectivity index (χ3v) is 15.7. The lowest BCUT2D eigenvalue weighted by atomic mass is 9.68. The first-order chi connectivity index (χ1) is 38.3. The van der Waals surface area contributed by atoms with Gasteiger partial charge in [0.1, 0.15) is 69.8 Å². The van der Waals surface area contributed by atoms with Gasteiger partial charge in [0.15, 0.2) is 0 Å². The monoisotopic (exact) mass is 1030 g/mol. The fourth-order valence-electron chi connectivity index (χ4n) is 11.1. The Bertz CT molecular complexity index is 4020. The third-order valence-electron chi connectivity index (χ3n) is 15.7. The van der Waals surface area contributed by atoms with E-state index in [1.54, 1.807) is 12.1 Å². The number of rotatable bonds is 14. The summed E-state index contributed by atoms with van der Waals surface area (Å²) in [5.41, 5.74) is 13.1. The summed E-state index contributed by atoms with van der Waals surface area (Å²) in [6.07, 6.45) is 0. The summed E-state index contributed by atoms with van der Waals surface area (Å²) >= 11 is 0. The molecule has 0 heterocycles. The number of ether oxygens (including phenoxy) is 4. The van der Waals surface area contributed by atoms with Crippen LogP contribution in [-0.2, 0) is 16.2 Å². The van der Waals surface area contributed by atoms with Gasteiger partial charge in [-0.05, 0) is 153 Å². The van der Waals surface area contributed by atoms with Gasteiger partial charge in [0, 0.05) is 10.8 Å². The van der Waals surface area contributed by atoms with E-state index < -0.39 is 5.41 Å². The van der Waals surface area contributed by atoms with Crippen LogP contribution in [0.4, 0.5) is 0 Å². The van der Waals surface area contributed by atoms with Crippen molar-refractivity contribution < 1.29 is 18.9 Å². The van der Waals surface area contributed by atoms with Crippen molar-refractivity contribution in [2.75, 3.05) is 0 Å². The van der Waals surface area contributed by atoms with Gasteiger partial charge in [-0.2, -0.15) is 15.8 Å². The number of hydrogen-bond acceptors (Lipinski definition) is 7. The molecule has 1 aliphatic rings. The highest BCUT2D eigenvalue weighted by Crippen LogP contribution is 2.56. The maximum atomic E-state index is 10.6. The van der Waals surface area contributed by atoms with Gasteiger partial charge in [0.25, 0.3) is 0 Å². The smallest absolute Gasteiger partial charge is 0.149 e. The van der Waals surface area contributed by atoms with Gasteiger partial charge >= 0.3 is 0 Å². The molecule has 382 valence electrons. The van der Waals surface area contributed by atoms with Gasteiger partial charge in [0.05, 0.1) is 16.5 Å². The van der Waals surface area contributed by atoms with Gasteiger partial charge in [0.2, 0.25) is 0 Å². The van der Waals surface area contributed by atoms with Crippen LogP contribution in [0.1, 0.15) is 100 Å². The van der Waals surface area contributed by atoms with Crippen LogP contribution in [-0.4, -0.2) is 0 Å².